The molecular formula is C24H28N2O3. The van der Waals surface area contributed by atoms with Crippen molar-refractivity contribution in [2.75, 3.05) is 19.7 Å². The van der Waals surface area contributed by atoms with Crippen LogP contribution in [0.25, 0.3) is 0 Å². The summed E-state index contributed by atoms with van der Waals surface area (Å²) in [5.74, 6) is 1.19. The third-order valence-electron chi connectivity index (χ3n) is 6.26. The van der Waals surface area contributed by atoms with Crippen molar-refractivity contribution in [3.63, 3.8) is 0 Å². The van der Waals surface area contributed by atoms with Crippen LogP contribution in [-0.2, 0) is 16.1 Å². The molecule has 5 heteroatoms. The number of nitrogens with one attached hydrogen (secondary N) is 1. The summed E-state index contributed by atoms with van der Waals surface area (Å²) in [6.07, 6.45) is 3.18. The number of piperidine rings is 1. The van der Waals surface area contributed by atoms with E-state index in [2.05, 4.69) is 5.32 Å². The molecule has 152 valence electrons. The van der Waals surface area contributed by atoms with Crippen LogP contribution in [0.15, 0.2) is 60.7 Å². The summed E-state index contributed by atoms with van der Waals surface area (Å²) in [7, 11) is 0. The lowest BCUT2D eigenvalue weighted by Gasteiger charge is -2.33. The van der Waals surface area contributed by atoms with Crippen molar-refractivity contribution in [2.45, 2.75) is 32.2 Å². The Kier molecular flexibility index (Phi) is 5.84. The van der Waals surface area contributed by atoms with E-state index in [9.17, 15) is 9.59 Å². The maximum atomic E-state index is 12.5. The molecule has 1 N–H and O–H groups in total. The predicted octanol–water partition coefficient (Wildman–Crippen LogP) is 3.40. The minimum Gasteiger partial charge on any atom is -0.493 e. The van der Waals surface area contributed by atoms with E-state index in [4.69, 9.17) is 4.74 Å². The molecule has 1 aliphatic carbocycles. The van der Waals surface area contributed by atoms with Crippen molar-refractivity contribution in [1.82, 2.24) is 10.2 Å². The van der Waals surface area contributed by atoms with E-state index in [1.807, 2.05) is 65.6 Å². The molecule has 1 spiro atoms. The van der Waals surface area contributed by atoms with Gasteiger partial charge in [-0.05, 0) is 42.4 Å². The van der Waals surface area contributed by atoms with E-state index in [0.717, 1.165) is 43.7 Å². The molecule has 1 aliphatic heterocycles. The summed E-state index contributed by atoms with van der Waals surface area (Å²) in [5.41, 5.74) is 1.23. The first-order valence-electron chi connectivity index (χ1n) is 10.4. The Bertz CT molecular complexity index is 830. The molecule has 0 radical (unpaired) electrons. The Morgan fingerprint density at radius 2 is 1.66 bits per heavy atom. The second-order valence-electron chi connectivity index (χ2n) is 8.11. The van der Waals surface area contributed by atoms with E-state index >= 15 is 0 Å². The third kappa shape index (κ3) is 4.78. The number of carbonyl (C=O) groups is 2. The number of carbonyl (C=O) groups excluding carboxylic acids is 2. The topological polar surface area (TPSA) is 58.6 Å². The van der Waals surface area contributed by atoms with Gasteiger partial charge in [-0.2, -0.15) is 0 Å². The average Bonchev–Trinajstić information content (AvgIpc) is 3.47. The first-order chi connectivity index (χ1) is 14.2. The molecule has 5 nitrogen and oxygen atoms in total. The molecule has 2 fully saturated rings. The zero-order valence-electron chi connectivity index (χ0n) is 16.7. The molecule has 1 heterocycles. The van der Waals surface area contributed by atoms with Crippen LogP contribution in [0.3, 0.4) is 0 Å². The van der Waals surface area contributed by atoms with Gasteiger partial charge >= 0.3 is 0 Å². The van der Waals surface area contributed by atoms with Crippen molar-refractivity contribution >= 4 is 11.8 Å². The molecule has 0 aromatic heterocycles. The van der Waals surface area contributed by atoms with Crippen LogP contribution in [0.1, 0.15) is 31.2 Å². The molecule has 1 saturated heterocycles. The van der Waals surface area contributed by atoms with Crippen LogP contribution >= 0.6 is 0 Å². The quantitative estimate of drug-likeness (QED) is 0.786. The van der Waals surface area contributed by atoms with Gasteiger partial charge in [0.05, 0.1) is 13.0 Å². The smallest absolute Gasteiger partial charge is 0.225 e. The number of para-hydroxylation sites is 1. The summed E-state index contributed by atoms with van der Waals surface area (Å²) in [5, 5.41) is 3.07. The van der Waals surface area contributed by atoms with Crippen molar-refractivity contribution in [1.29, 1.82) is 0 Å². The van der Waals surface area contributed by atoms with E-state index in [0.29, 0.717) is 19.6 Å². The lowest BCUT2D eigenvalue weighted by Crippen LogP contribution is -2.41. The monoisotopic (exact) mass is 392 g/mol. The number of likely N-dealkylation sites (tertiary alicyclic amines) is 1. The van der Waals surface area contributed by atoms with Crippen LogP contribution in [0.4, 0.5) is 0 Å². The van der Waals surface area contributed by atoms with Crippen LogP contribution in [0.2, 0.25) is 0 Å². The summed E-state index contributed by atoms with van der Waals surface area (Å²) in [6.45, 7) is 2.46. The fraction of sp³-hybridized carbons (Fsp3) is 0.417. The molecule has 2 amide bonds. The summed E-state index contributed by atoms with van der Waals surface area (Å²) >= 11 is 0. The van der Waals surface area contributed by atoms with Gasteiger partial charge in [0, 0.05) is 25.6 Å². The SMILES string of the molecule is O=C(NCc1ccccc1)C1CC12CCN(C(=O)CCOc1ccccc1)CC2. The molecule has 4 rings (SSSR count). The molecule has 29 heavy (non-hydrogen) atoms. The first kappa shape index (κ1) is 19.5. The molecule has 2 aliphatic rings. The second-order valence-corrected chi connectivity index (χ2v) is 8.11. The number of hydrogen-bond donors (Lipinski definition) is 1. The highest BCUT2D eigenvalue weighted by atomic mass is 16.5. The zero-order valence-corrected chi connectivity index (χ0v) is 16.7. The van der Waals surface area contributed by atoms with Gasteiger partial charge < -0.3 is 15.0 Å². The number of hydrogen-bond acceptors (Lipinski definition) is 3. The Morgan fingerprint density at radius 3 is 2.34 bits per heavy atom. The van der Waals surface area contributed by atoms with E-state index in [1.54, 1.807) is 0 Å². The first-order valence-corrected chi connectivity index (χ1v) is 10.4. The highest BCUT2D eigenvalue weighted by molar-refractivity contribution is 5.83. The number of ether oxygens (including phenoxy) is 1. The van der Waals surface area contributed by atoms with Gasteiger partial charge in [0.1, 0.15) is 5.75 Å². The molecule has 1 unspecified atom stereocenters. The number of nitrogens with zero attached hydrogens (tertiary/aromatic N) is 1. The molecule has 2 aromatic carbocycles. The van der Waals surface area contributed by atoms with Crippen LogP contribution in [0, 0.1) is 11.3 Å². The number of benzene rings is 2. The van der Waals surface area contributed by atoms with Crippen LogP contribution in [0.5, 0.6) is 5.75 Å². The van der Waals surface area contributed by atoms with Crippen molar-refractivity contribution in [3.05, 3.63) is 66.2 Å². The number of amides is 2. The molecule has 0 bridgehead atoms. The Labute approximate surface area is 172 Å². The standard InChI is InChI=1S/C24H28N2O3/c27-22(11-16-29-20-9-5-2-6-10-20)26-14-12-24(13-15-26)17-21(24)23(28)25-18-19-7-3-1-4-8-19/h1-10,21H,11-18H2,(H,25,28). The minimum atomic E-state index is 0.102. The van der Waals surface area contributed by atoms with Crippen molar-refractivity contribution in [2.24, 2.45) is 11.3 Å². The predicted molar refractivity (Wildman–Crippen MR) is 111 cm³/mol. The summed E-state index contributed by atoms with van der Waals surface area (Å²) in [6, 6.07) is 19.6. The Morgan fingerprint density at radius 1 is 1.00 bits per heavy atom. The average molecular weight is 392 g/mol. The fourth-order valence-corrected chi connectivity index (χ4v) is 4.31. The molecule has 1 saturated carbocycles. The number of rotatable bonds is 7. The van der Waals surface area contributed by atoms with E-state index in [1.165, 1.54) is 0 Å². The van der Waals surface area contributed by atoms with Gasteiger partial charge in [0.25, 0.3) is 0 Å². The fourth-order valence-electron chi connectivity index (χ4n) is 4.31. The maximum Gasteiger partial charge on any atom is 0.225 e. The minimum absolute atomic E-state index is 0.102. The van der Waals surface area contributed by atoms with Gasteiger partial charge in [-0.25, -0.2) is 0 Å². The molecular weight excluding hydrogens is 364 g/mol. The van der Waals surface area contributed by atoms with E-state index in [-0.39, 0.29) is 23.1 Å². The largest absolute Gasteiger partial charge is 0.493 e. The van der Waals surface area contributed by atoms with Gasteiger partial charge in [-0.1, -0.05) is 48.5 Å². The Hall–Kier alpha value is -2.82. The van der Waals surface area contributed by atoms with Crippen LogP contribution < -0.4 is 10.1 Å². The van der Waals surface area contributed by atoms with Gasteiger partial charge in [-0.3, -0.25) is 9.59 Å². The lowest BCUT2D eigenvalue weighted by molar-refractivity contribution is -0.133. The van der Waals surface area contributed by atoms with E-state index < -0.39 is 0 Å². The zero-order chi connectivity index (χ0) is 20.1. The molecule has 1 atom stereocenters. The normalized spacial score (nSPS) is 19.6. The molecule has 2 aromatic rings. The highest BCUT2D eigenvalue weighted by Gasteiger charge is 2.58. The maximum absolute atomic E-state index is 12.5. The third-order valence-corrected chi connectivity index (χ3v) is 6.26. The van der Waals surface area contributed by atoms with Crippen molar-refractivity contribution in [3.8, 4) is 5.75 Å². The summed E-state index contributed by atoms with van der Waals surface area (Å²) in [4.78, 5) is 26.9. The highest BCUT2D eigenvalue weighted by Crippen LogP contribution is 2.59. The van der Waals surface area contributed by atoms with Crippen molar-refractivity contribution < 1.29 is 14.3 Å². The van der Waals surface area contributed by atoms with Crippen LogP contribution in [-0.4, -0.2) is 36.4 Å². The second kappa shape index (κ2) is 8.68. The van der Waals surface area contributed by atoms with Gasteiger partial charge in [0.15, 0.2) is 0 Å². The summed E-state index contributed by atoms with van der Waals surface area (Å²) < 4.78 is 5.63. The lowest BCUT2D eigenvalue weighted by atomic mass is 9.90. The van der Waals surface area contributed by atoms with Gasteiger partial charge in [0.2, 0.25) is 11.8 Å². The van der Waals surface area contributed by atoms with Gasteiger partial charge in [-0.15, -0.1) is 0 Å². The Balaban J connectivity index is 1.17.